The highest BCUT2D eigenvalue weighted by atomic mass is 32.2. The van der Waals surface area contributed by atoms with Crippen LogP contribution in [0.5, 0.6) is 0 Å². The van der Waals surface area contributed by atoms with Gasteiger partial charge in [0, 0.05) is 48.8 Å². The van der Waals surface area contributed by atoms with E-state index in [-0.39, 0.29) is 12.0 Å². The number of morpholine rings is 1. The number of anilines is 1. The molecule has 0 spiro atoms. The zero-order chi connectivity index (χ0) is 21.6. The summed E-state index contributed by atoms with van der Waals surface area (Å²) < 4.78 is 11.0. The molecule has 2 aliphatic heterocycles. The SMILES string of the molecule is Cc1nc(SCc2ccc(C(=O)NC[C@H]3CCCO3)cc2)nc(N2CCOCC2)c1C. The molecule has 2 fully saturated rings. The predicted octanol–water partition coefficient (Wildman–Crippen LogP) is 3.13. The van der Waals surface area contributed by atoms with E-state index >= 15 is 0 Å². The van der Waals surface area contributed by atoms with Gasteiger partial charge in [0.05, 0.1) is 19.3 Å². The highest BCUT2D eigenvalue weighted by Gasteiger charge is 2.18. The number of benzene rings is 1. The Morgan fingerprint density at radius 2 is 1.94 bits per heavy atom. The summed E-state index contributed by atoms with van der Waals surface area (Å²) in [6.45, 7) is 8.68. The van der Waals surface area contributed by atoms with Gasteiger partial charge < -0.3 is 19.7 Å². The Bertz CT molecular complexity index is 894. The first kappa shape index (κ1) is 22.0. The molecule has 0 radical (unpaired) electrons. The van der Waals surface area contributed by atoms with E-state index in [0.29, 0.717) is 12.1 Å². The van der Waals surface area contributed by atoms with Gasteiger partial charge in [0.1, 0.15) is 5.82 Å². The Balaban J connectivity index is 1.34. The van der Waals surface area contributed by atoms with E-state index in [0.717, 1.165) is 79.3 Å². The van der Waals surface area contributed by atoms with E-state index < -0.39 is 0 Å². The fourth-order valence-electron chi connectivity index (χ4n) is 3.75. The molecular weight excluding hydrogens is 412 g/mol. The molecular formula is C23H30N4O3S. The molecule has 0 saturated carbocycles. The van der Waals surface area contributed by atoms with Gasteiger partial charge in [-0.05, 0) is 44.4 Å². The zero-order valence-corrected chi connectivity index (χ0v) is 19.0. The zero-order valence-electron chi connectivity index (χ0n) is 18.2. The molecule has 0 bridgehead atoms. The van der Waals surface area contributed by atoms with Crippen molar-refractivity contribution in [2.75, 3.05) is 44.4 Å². The molecule has 0 unspecified atom stereocenters. The first-order valence-corrected chi connectivity index (χ1v) is 11.9. The summed E-state index contributed by atoms with van der Waals surface area (Å²) in [6.07, 6.45) is 2.25. The van der Waals surface area contributed by atoms with Crippen LogP contribution in [0.15, 0.2) is 29.4 Å². The standard InChI is InChI=1S/C23H30N4O3S/c1-16-17(2)25-23(26-21(16)27-9-12-29-13-10-27)31-15-18-5-7-19(8-6-18)22(28)24-14-20-4-3-11-30-20/h5-8,20H,3-4,9-15H2,1-2H3,(H,24,28)/t20-/m1/s1. The van der Waals surface area contributed by atoms with E-state index in [1.807, 2.05) is 31.2 Å². The van der Waals surface area contributed by atoms with Gasteiger partial charge >= 0.3 is 0 Å². The maximum absolute atomic E-state index is 12.3. The fraction of sp³-hybridized carbons (Fsp3) is 0.522. The van der Waals surface area contributed by atoms with Crippen LogP contribution >= 0.6 is 11.8 Å². The Labute approximate surface area is 187 Å². The van der Waals surface area contributed by atoms with Crippen LogP contribution in [0.4, 0.5) is 5.82 Å². The van der Waals surface area contributed by atoms with Gasteiger partial charge in [-0.1, -0.05) is 23.9 Å². The molecule has 7 nitrogen and oxygen atoms in total. The first-order chi connectivity index (χ1) is 15.1. The van der Waals surface area contributed by atoms with Gasteiger partial charge in [-0.3, -0.25) is 4.79 Å². The van der Waals surface area contributed by atoms with Crippen LogP contribution in [0.2, 0.25) is 0 Å². The van der Waals surface area contributed by atoms with Crippen LogP contribution in [0, 0.1) is 13.8 Å². The van der Waals surface area contributed by atoms with Gasteiger partial charge in [-0.25, -0.2) is 9.97 Å². The lowest BCUT2D eigenvalue weighted by molar-refractivity contribution is 0.0858. The quantitative estimate of drug-likeness (QED) is 0.521. The van der Waals surface area contributed by atoms with Gasteiger partial charge in [-0.15, -0.1) is 0 Å². The lowest BCUT2D eigenvalue weighted by atomic mass is 10.1. The number of ether oxygens (including phenoxy) is 2. The van der Waals surface area contributed by atoms with Crippen molar-refractivity contribution in [2.45, 2.75) is 43.7 Å². The van der Waals surface area contributed by atoms with Crippen molar-refractivity contribution in [2.24, 2.45) is 0 Å². The largest absolute Gasteiger partial charge is 0.378 e. The number of aryl methyl sites for hydroxylation is 1. The summed E-state index contributed by atoms with van der Waals surface area (Å²) in [5.74, 6) is 1.71. The number of thioether (sulfide) groups is 1. The van der Waals surface area contributed by atoms with E-state index in [1.165, 1.54) is 0 Å². The molecule has 0 aliphatic carbocycles. The highest BCUT2D eigenvalue weighted by molar-refractivity contribution is 7.98. The molecule has 2 saturated heterocycles. The maximum atomic E-state index is 12.3. The average molecular weight is 443 g/mol. The summed E-state index contributed by atoms with van der Waals surface area (Å²) in [6, 6.07) is 7.75. The van der Waals surface area contributed by atoms with E-state index in [2.05, 4.69) is 22.1 Å². The Morgan fingerprint density at radius 3 is 2.65 bits per heavy atom. The molecule has 3 heterocycles. The molecule has 2 aromatic rings. The molecule has 1 N–H and O–H groups in total. The molecule has 4 rings (SSSR count). The Kier molecular flexibility index (Phi) is 7.42. The Morgan fingerprint density at radius 1 is 1.16 bits per heavy atom. The van der Waals surface area contributed by atoms with Crippen molar-refractivity contribution in [3.05, 3.63) is 46.6 Å². The van der Waals surface area contributed by atoms with Crippen molar-refractivity contribution in [1.82, 2.24) is 15.3 Å². The summed E-state index contributed by atoms with van der Waals surface area (Å²) >= 11 is 1.62. The normalized spacial score (nSPS) is 18.9. The number of carbonyl (C=O) groups excluding carboxylic acids is 1. The molecule has 1 aromatic carbocycles. The third-order valence-corrected chi connectivity index (χ3v) is 6.67. The molecule has 1 amide bonds. The number of hydrogen-bond acceptors (Lipinski definition) is 7. The van der Waals surface area contributed by atoms with Crippen LogP contribution in [-0.4, -0.2) is 61.4 Å². The second-order valence-electron chi connectivity index (χ2n) is 7.97. The molecule has 166 valence electrons. The summed E-state index contributed by atoms with van der Waals surface area (Å²) in [5, 5.41) is 3.74. The molecule has 1 aromatic heterocycles. The van der Waals surface area contributed by atoms with Crippen molar-refractivity contribution < 1.29 is 14.3 Å². The second-order valence-corrected chi connectivity index (χ2v) is 8.91. The highest BCUT2D eigenvalue weighted by Crippen LogP contribution is 2.26. The second kappa shape index (κ2) is 10.4. The third-order valence-electron chi connectivity index (χ3n) is 5.75. The van der Waals surface area contributed by atoms with Crippen molar-refractivity contribution in [1.29, 1.82) is 0 Å². The van der Waals surface area contributed by atoms with Crippen molar-refractivity contribution in [3.8, 4) is 0 Å². The molecule has 31 heavy (non-hydrogen) atoms. The van der Waals surface area contributed by atoms with E-state index in [9.17, 15) is 4.79 Å². The fourth-order valence-corrected chi connectivity index (χ4v) is 4.59. The summed E-state index contributed by atoms with van der Waals surface area (Å²) in [7, 11) is 0. The number of nitrogens with zero attached hydrogens (tertiary/aromatic N) is 3. The number of amides is 1. The Hall–Kier alpha value is -2.16. The van der Waals surface area contributed by atoms with E-state index in [1.54, 1.807) is 11.8 Å². The van der Waals surface area contributed by atoms with Crippen LogP contribution in [0.1, 0.15) is 40.0 Å². The van der Waals surface area contributed by atoms with Crippen LogP contribution in [0.3, 0.4) is 0 Å². The van der Waals surface area contributed by atoms with Crippen LogP contribution < -0.4 is 10.2 Å². The molecule has 1 atom stereocenters. The number of aromatic nitrogens is 2. The summed E-state index contributed by atoms with van der Waals surface area (Å²) in [4.78, 5) is 24.1. The van der Waals surface area contributed by atoms with Gasteiger partial charge in [0.2, 0.25) is 0 Å². The number of carbonyl (C=O) groups is 1. The smallest absolute Gasteiger partial charge is 0.251 e. The average Bonchev–Trinajstić information content (AvgIpc) is 3.33. The summed E-state index contributed by atoms with van der Waals surface area (Å²) in [5.41, 5.74) is 3.95. The number of hydrogen-bond donors (Lipinski definition) is 1. The lowest BCUT2D eigenvalue weighted by Gasteiger charge is -2.29. The van der Waals surface area contributed by atoms with Crippen LogP contribution in [0.25, 0.3) is 0 Å². The number of rotatable bonds is 7. The van der Waals surface area contributed by atoms with Gasteiger partial charge in [0.15, 0.2) is 5.16 Å². The minimum atomic E-state index is -0.0534. The van der Waals surface area contributed by atoms with Crippen molar-refractivity contribution in [3.63, 3.8) is 0 Å². The predicted molar refractivity (Wildman–Crippen MR) is 122 cm³/mol. The minimum absolute atomic E-state index is 0.0534. The third kappa shape index (κ3) is 5.75. The van der Waals surface area contributed by atoms with Gasteiger partial charge in [-0.2, -0.15) is 0 Å². The van der Waals surface area contributed by atoms with E-state index in [4.69, 9.17) is 14.5 Å². The van der Waals surface area contributed by atoms with Crippen molar-refractivity contribution >= 4 is 23.5 Å². The molecule has 8 heteroatoms. The topological polar surface area (TPSA) is 76.6 Å². The monoisotopic (exact) mass is 442 g/mol. The number of nitrogens with one attached hydrogen (secondary N) is 1. The van der Waals surface area contributed by atoms with Gasteiger partial charge in [0.25, 0.3) is 5.91 Å². The van der Waals surface area contributed by atoms with Crippen LogP contribution in [-0.2, 0) is 15.2 Å². The molecule has 2 aliphatic rings. The minimum Gasteiger partial charge on any atom is -0.378 e. The first-order valence-electron chi connectivity index (χ1n) is 10.9. The lowest BCUT2D eigenvalue weighted by Crippen LogP contribution is -2.37. The maximum Gasteiger partial charge on any atom is 0.251 e.